The first-order chi connectivity index (χ1) is 21.9. The van der Waals surface area contributed by atoms with Crippen molar-refractivity contribution >= 4 is 23.7 Å². The van der Waals surface area contributed by atoms with Crippen molar-refractivity contribution in [2.75, 3.05) is 6.61 Å². The van der Waals surface area contributed by atoms with Gasteiger partial charge in [0.15, 0.2) is 5.60 Å². The zero-order valence-corrected chi connectivity index (χ0v) is 26.0. The number of rotatable bonds is 9. The Kier molecular flexibility index (Phi) is 8.72. The van der Waals surface area contributed by atoms with E-state index in [1.807, 2.05) is 104 Å². The van der Waals surface area contributed by atoms with Crippen LogP contribution in [0, 0.1) is 6.92 Å². The number of carbonyl (C=O) groups is 2. The Morgan fingerprint density at radius 3 is 1.96 bits per heavy atom. The van der Waals surface area contributed by atoms with Crippen molar-refractivity contribution in [1.82, 2.24) is 5.32 Å². The molecule has 1 amide bonds. The molecule has 0 aromatic heterocycles. The van der Waals surface area contributed by atoms with E-state index in [0.717, 1.165) is 38.9 Å². The summed E-state index contributed by atoms with van der Waals surface area (Å²) in [6, 6.07) is 40.7. The first-order valence-electron chi connectivity index (χ1n) is 15.1. The summed E-state index contributed by atoms with van der Waals surface area (Å²) in [6.45, 7) is 3.95. The molecule has 0 fully saturated rings. The molecule has 0 radical (unpaired) electrons. The normalized spacial score (nSPS) is 14.0. The van der Waals surface area contributed by atoms with E-state index in [1.165, 1.54) is 0 Å². The molecule has 6 rings (SSSR count). The highest BCUT2D eigenvalue weighted by molar-refractivity contribution is 6.31. The van der Waals surface area contributed by atoms with Crippen LogP contribution in [0.25, 0.3) is 11.1 Å². The number of hydrogen-bond acceptors (Lipinski definition) is 4. The second-order valence-electron chi connectivity index (χ2n) is 11.4. The fourth-order valence-electron chi connectivity index (χ4n) is 6.21. The largest absolute Gasteiger partial charge is 0.449 e. The molecule has 0 bridgehead atoms. The van der Waals surface area contributed by atoms with Crippen LogP contribution in [-0.2, 0) is 19.9 Å². The number of amides is 1. The number of ether oxygens (including phenoxy) is 2. The number of aryl methyl sites for hydroxylation is 1. The standard InChI is InChI=1S/C39H34ClNO4/c1-26-20-22-29(23-21-26)39(28-12-4-3-5-13-28,35-18-10-11-19-36(35)40)45-37(42)24-27(2)41-38(43)44-25-34-32-16-8-6-14-30(32)31-15-7-9-17-33(31)34/h3-23,27,34H,24-25H2,1-2H3,(H,41,43)/t27-,39?/m1/s1. The molecule has 6 heteroatoms. The molecule has 5 aromatic rings. The summed E-state index contributed by atoms with van der Waals surface area (Å²) in [4.78, 5) is 26.7. The average Bonchev–Trinajstić information content (AvgIpc) is 3.37. The Labute approximate surface area is 268 Å². The Balaban J connectivity index is 1.19. The minimum atomic E-state index is -1.31. The number of nitrogens with one attached hydrogen (secondary N) is 1. The fraction of sp³-hybridized carbons (Fsp3) is 0.179. The maximum Gasteiger partial charge on any atom is 0.407 e. The van der Waals surface area contributed by atoms with E-state index in [9.17, 15) is 9.59 Å². The van der Waals surface area contributed by atoms with Crippen LogP contribution in [-0.4, -0.2) is 24.7 Å². The van der Waals surface area contributed by atoms with Crippen molar-refractivity contribution in [3.63, 3.8) is 0 Å². The number of hydrogen-bond donors (Lipinski definition) is 1. The molecule has 0 aliphatic heterocycles. The molecule has 0 heterocycles. The SMILES string of the molecule is Cc1ccc(C(OC(=O)C[C@@H](C)NC(=O)OCC2c3ccccc3-c3ccccc32)(c2ccccc2)c2ccccc2Cl)cc1. The molecule has 45 heavy (non-hydrogen) atoms. The molecule has 1 unspecified atom stereocenters. The number of alkyl carbamates (subject to hydrolysis) is 1. The predicted octanol–water partition coefficient (Wildman–Crippen LogP) is 8.80. The molecule has 2 atom stereocenters. The van der Waals surface area contributed by atoms with Gasteiger partial charge in [0.2, 0.25) is 0 Å². The first kappa shape index (κ1) is 30.2. The molecule has 0 saturated carbocycles. The lowest BCUT2D eigenvalue weighted by Gasteiger charge is -2.36. The van der Waals surface area contributed by atoms with Crippen LogP contribution in [0.2, 0.25) is 5.02 Å². The van der Waals surface area contributed by atoms with Crippen molar-refractivity contribution in [2.24, 2.45) is 0 Å². The van der Waals surface area contributed by atoms with E-state index in [1.54, 1.807) is 13.0 Å². The summed E-state index contributed by atoms with van der Waals surface area (Å²) in [6.07, 6.45) is -0.661. The van der Waals surface area contributed by atoms with Crippen LogP contribution in [0.3, 0.4) is 0 Å². The van der Waals surface area contributed by atoms with Gasteiger partial charge >= 0.3 is 12.1 Å². The molecular weight excluding hydrogens is 582 g/mol. The van der Waals surface area contributed by atoms with Gasteiger partial charge in [0, 0.05) is 33.7 Å². The third-order valence-electron chi connectivity index (χ3n) is 8.34. The minimum Gasteiger partial charge on any atom is -0.449 e. The maximum absolute atomic E-state index is 13.7. The topological polar surface area (TPSA) is 64.6 Å². The van der Waals surface area contributed by atoms with Crippen LogP contribution in [0.1, 0.15) is 52.6 Å². The number of benzene rings is 5. The molecule has 5 aromatic carbocycles. The Morgan fingerprint density at radius 2 is 1.31 bits per heavy atom. The lowest BCUT2D eigenvalue weighted by atomic mass is 9.79. The van der Waals surface area contributed by atoms with Gasteiger partial charge in [-0.05, 0) is 42.2 Å². The van der Waals surface area contributed by atoms with Crippen molar-refractivity contribution in [2.45, 2.75) is 37.8 Å². The summed E-state index contributed by atoms with van der Waals surface area (Å²) in [7, 11) is 0. The monoisotopic (exact) mass is 615 g/mol. The van der Waals surface area contributed by atoms with Crippen LogP contribution >= 0.6 is 11.6 Å². The summed E-state index contributed by atoms with van der Waals surface area (Å²) in [5.74, 6) is -0.550. The van der Waals surface area contributed by atoms with Gasteiger partial charge < -0.3 is 14.8 Å². The zero-order chi connectivity index (χ0) is 31.4. The van der Waals surface area contributed by atoms with Gasteiger partial charge in [0.05, 0.1) is 6.42 Å². The fourth-order valence-corrected chi connectivity index (χ4v) is 6.48. The van der Waals surface area contributed by atoms with Crippen LogP contribution in [0.5, 0.6) is 0 Å². The molecule has 226 valence electrons. The quantitative estimate of drug-likeness (QED) is 0.133. The summed E-state index contributed by atoms with van der Waals surface area (Å²) < 4.78 is 12.2. The average molecular weight is 616 g/mol. The highest BCUT2D eigenvalue weighted by Gasteiger charge is 2.42. The van der Waals surface area contributed by atoms with Crippen molar-refractivity contribution in [1.29, 1.82) is 0 Å². The van der Waals surface area contributed by atoms with E-state index in [0.29, 0.717) is 10.6 Å². The number of fused-ring (bicyclic) bond motifs is 3. The molecule has 0 spiro atoms. The van der Waals surface area contributed by atoms with E-state index < -0.39 is 23.7 Å². The minimum absolute atomic E-state index is 0.0555. The highest BCUT2D eigenvalue weighted by Crippen LogP contribution is 2.45. The summed E-state index contributed by atoms with van der Waals surface area (Å²) in [5.41, 5.74) is 6.52. The van der Waals surface area contributed by atoms with Crippen molar-refractivity contribution < 1.29 is 19.1 Å². The third kappa shape index (κ3) is 6.09. The highest BCUT2D eigenvalue weighted by atomic mass is 35.5. The van der Waals surface area contributed by atoms with Gasteiger partial charge in [-0.1, -0.05) is 138 Å². The molecule has 1 aliphatic rings. The van der Waals surface area contributed by atoms with Crippen LogP contribution < -0.4 is 5.32 Å². The Bertz CT molecular complexity index is 1780. The van der Waals surface area contributed by atoms with E-state index in [-0.39, 0.29) is 18.9 Å². The molecule has 5 nitrogen and oxygen atoms in total. The maximum atomic E-state index is 13.7. The van der Waals surface area contributed by atoms with E-state index in [4.69, 9.17) is 21.1 Å². The number of carbonyl (C=O) groups excluding carboxylic acids is 2. The number of esters is 1. The molecule has 1 N–H and O–H groups in total. The lowest BCUT2D eigenvalue weighted by molar-refractivity contribution is -0.154. The lowest BCUT2D eigenvalue weighted by Crippen LogP contribution is -2.39. The third-order valence-corrected chi connectivity index (χ3v) is 8.67. The molecule has 1 aliphatic carbocycles. The van der Waals surface area contributed by atoms with Gasteiger partial charge in [-0.3, -0.25) is 4.79 Å². The predicted molar refractivity (Wildman–Crippen MR) is 177 cm³/mol. The van der Waals surface area contributed by atoms with Gasteiger partial charge in [-0.15, -0.1) is 0 Å². The van der Waals surface area contributed by atoms with Gasteiger partial charge in [-0.25, -0.2) is 4.79 Å². The second-order valence-corrected chi connectivity index (χ2v) is 11.8. The van der Waals surface area contributed by atoms with Gasteiger partial charge in [-0.2, -0.15) is 0 Å². The van der Waals surface area contributed by atoms with Crippen LogP contribution in [0.4, 0.5) is 4.79 Å². The molecule has 0 saturated heterocycles. The van der Waals surface area contributed by atoms with Crippen molar-refractivity contribution in [3.05, 3.63) is 166 Å². The Morgan fingerprint density at radius 1 is 0.756 bits per heavy atom. The second kappa shape index (κ2) is 13.0. The summed E-state index contributed by atoms with van der Waals surface area (Å²) >= 11 is 6.78. The number of halogens is 1. The summed E-state index contributed by atoms with van der Waals surface area (Å²) in [5, 5.41) is 3.29. The van der Waals surface area contributed by atoms with Crippen LogP contribution in [0.15, 0.2) is 127 Å². The first-order valence-corrected chi connectivity index (χ1v) is 15.5. The van der Waals surface area contributed by atoms with E-state index >= 15 is 0 Å². The van der Waals surface area contributed by atoms with Gasteiger partial charge in [0.1, 0.15) is 6.61 Å². The Hall–Kier alpha value is -4.87. The van der Waals surface area contributed by atoms with Gasteiger partial charge in [0.25, 0.3) is 0 Å². The van der Waals surface area contributed by atoms with E-state index in [2.05, 4.69) is 29.6 Å². The molecular formula is C39H34ClNO4. The van der Waals surface area contributed by atoms with Crippen molar-refractivity contribution in [3.8, 4) is 11.1 Å². The zero-order valence-electron chi connectivity index (χ0n) is 25.2. The smallest absolute Gasteiger partial charge is 0.407 e.